The van der Waals surface area contributed by atoms with Crippen LogP contribution in [0.5, 0.6) is 0 Å². The van der Waals surface area contributed by atoms with Gasteiger partial charge in [0.15, 0.2) is 0 Å². The molecule has 2 atom stereocenters. The van der Waals surface area contributed by atoms with Gasteiger partial charge in [-0.3, -0.25) is 9.59 Å². The second-order valence-electron chi connectivity index (χ2n) is 6.34. The molecule has 2 aromatic carbocycles. The number of nitrogens with one attached hydrogen (secondary N) is 1. The van der Waals surface area contributed by atoms with E-state index in [1.807, 2.05) is 25.1 Å². The Kier molecular flexibility index (Phi) is 6.39. The van der Waals surface area contributed by atoms with Crippen molar-refractivity contribution in [2.24, 2.45) is 0 Å². The second-order valence-corrected chi connectivity index (χ2v) is 8.17. The highest BCUT2D eigenvalue weighted by Crippen LogP contribution is 2.44. The number of benzene rings is 2. The summed E-state index contributed by atoms with van der Waals surface area (Å²) in [5.41, 5.74) is 1.70. The van der Waals surface area contributed by atoms with Gasteiger partial charge in [0, 0.05) is 30.1 Å². The zero-order valence-electron chi connectivity index (χ0n) is 14.8. The molecule has 0 aromatic heterocycles. The first-order chi connectivity index (χ1) is 13.0. The van der Waals surface area contributed by atoms with Gasteiger partial charge in [-0.15, -0.1) is 11.8 Å². The van der Waals surface area contributed by atoms with Crippen LogP contribution in [0.4, 0.5) is 4.39 Å². The van der Waals surface area contributed by atoms with Crippen molar-refractivity contribution >= 4 is 35.2 Å². The van der Waals surface area contributed by atoms with E-state index in [4.69, 9.17) is 11.6 Å². The fourth-order valence-electron chi connectivity index (χ4n) is 2.93. The van der Waals surface area contributed by atoms with Gasteiger partial charge in [0.05, 0.1) is 5.25 Å². The van der Waals surface area contributed by atoms with E-state index in [1.54, 1.807) is 23.1 Å². The van der Waals surface area contributed by atoms with Crippen LogP contribution in [0, 0.1) is 5.82 Å². The van der Waals surface area contributed by atoms with Crippen molar-refractivity contribution < 1.29 is 14.0 Å². The molecule has 1 aliphatic heterocycles. The highest BCUT2D eigenvalue weighted by Gasteiger charge is 2.39. The molecule has 0 aliphatic carbocycles. The lowest BCUT2D eigenvalue weighted by atomic mass is 10.2. The summed E-state index contributed by atoms with van der Waals surface area (Å²) in [6.45, 7) is 2.51. The van der Waals surface area contributed by atoms with Crippen molar-refractivity contribution in [3.8, 4) is 0 Å². The summed E-state index contributed by atoms with van der Waals surface area (Å²) in [5.74, 6) is -0.458. The molecule has 1 fully saturated rings. The number of nitrogens with zero attached hydrogens (tertiary/aromatic N) is 1. The highest BCUT2D eigenvalue weighted by molar-refractivity contribution is 8.01. The molecule has 1 N–H and O–H groups in total. The molecule has 4 nitrogen and oxygen atoms in total. The lowest BCUT2D eigenvalue weighted by molar-refractivity contribution is -0.130. The van der Waals surface area contributed by atoms with E-state index >= 15 is 0 Å². The summed E-state index contributed by atoms with van der Waals surface area (Å²) in [5, 5.41) is 3.05. The SMILES string of the molecule is C[C@@H]1S[C@H](c2ccccc2Cl)N(CCC(=O)NCc2ccc(F)cc2)C1=O. The second kappa shape index (κ2) is 8.76. The zero-order valence-corrected chi connectivity index (χ0v) is 16.4. The van der Waals surface area contributed by atoms with E-state index in [1.165, 1.54) is 23.9 Å². The Morgan fingerprint density at radius 2 is 1.93 bits per heavy atom. The fourth-order valence-corrected chi connectivity index (χ4v) is 4.58. The summed E-state index contributed by atoms with van der Waals surface area (Å²) >= 11 is 7.84. The van der Waals surface area contributed by atoms with Crippen LogP contribution in [0.25, 0.3) is 0 Å². The maximum absolute atomic E-state index is 12.9. The van der Waals surface area contributed by atoms with Crippen LogP contribution in [-0.2, 0) is 16.1 Å². The highest BCUT2D eigenvalue weighted by atomic mass is 35.5. The third-order valence-corrected chi connectivity index (χ3v) is 6.12. The summed E-state index contributed by atoms with van der Waals surface area (Å²) in [7, 11) is 0. The molecule has 7 heteroatoms. The molecule has 0 spiro atoms. The number of thioether (sulfide) groups is 1. The molecule has 1 saturated heterocycles. The van der Waals surface area contributed by atoms with Gasteiger partial charge in [0.25, 0.3) is 0 Å². The van der Waals surface area contributed by atoms with E-state index in [2.05, 4.69) is 5.32 Å². The van der Waals surface area contributed by atoms with E-state index in [-0.39, 0.29) is 34.7 Å². The quantitative estimate of drug-likeness (QED) is 0.784. The topological polar surface area (TPSA) is 49.4 Å². The van der Waals surface area contributed by atoms with Gasteiger partial charge in [-0.2, -0.15) is 0 Å². The van der Waals surface area contributed by atoms with Crippen LogP contribution in [0.1, 0.15) is 29.8 Å². The smallest absolute Gasteiger partial charge is 0.236 e. The van der Waals surface area contributed by atoms with Gasteiger partial charge < -0.3 is 10.2 Å². The van der Waals surface area contributed by atoms with Crippen molar-refractivity contribution in [3.05, 3.63) is 70.5 Å². The van der Waals surface area contributed by atoms with Crippen LogP contribution < -0.4 is 5.32 Å². The average Bonchev–Trinajstić information content (AvgIpc) is 2.94. The monoisotopic (exact) mass is 406 g/mol. The molecule has 1 heterocycles. The van der Waals surface area contributed by atoms with E-state index in [9.17, 15) is 14.0 Å². The molecule has 2 amide bonds. The molecular weight excluding hydrogens is 387 g/mol. The lowest BCUT2D eigenvalue weighted by Gasteiger charge is -2.24. The van der Waals surface area contributed by atoms with E-state index in [0.717, 1.165) is 11.1 Å². The number of carbonyl (C=O) groups is 2. The zero-order chi connectivity index (χ0) is 19.4. The minimum atomic E-state index is -0.310. The normalized spacial score (nSPS) is 19.4. The molecular formula is C20H20ClFN2O2S. The first-order valence-electron chi connectivity index (χ1n) is 8.67. The van der Waals surface area contributed by atoms with Crippen molar-refractivity contribution in [1.29, 1.82) is 0 Å². The average molecular weight is 407 g/mol. The molecule has 0 unspecified atom stereocenters. The predicted molar refractivity (Wildman–Crippen MR) is 106 cm³/mol. The van der Waals surface area contributed by atoms with Gasteiger partial charge in [-0.05, 0) is 30.7 Å². The Morgan fingerprint density at radius 1 is 1.22 bits per heavy atom. The summed E-state index contributed by atoms with van der Waals surface area (Å²) in [6.07, 6.45) is 0.196. The summed E-state index contributed by atoms with van der Waals surface area (Å²) in [4.78, 5) is 26.4. The standard InChI is InChI=1S/C20H20ClFN2O2S/c1-13-19(26)24(20(27-13)16-4-2-3-5-17(16)21)11-10-18(25)23-12-14-6-8-15(22)9-7-14/h2-9,13,20H,10-12H2,1H3,(H,23,25)/t13-,20+/m0/s1. The molecule has 1 aliphatic rings. The van der Waals surface area contributed by atoms with Gasteiger partial charge in [-0.25, -0.2) is 4.39 Å². The van der Waals surface area contributed by atoms with Gasteiger partial charge in [0.2, 0.25) is 11.8 Å². The molecule has 0 radical (unpaired) electrons. The maximum Gasteiger partial charge on any atom is 0.236 e. The Labute approximate surface area is 167 Å². The Bertz CT molecular complexity index is 831. The van der Waals surface area contributed by atoms with Crippen LogP contribution in [0.15, 0.2) is 48.5 Å². The van der Waals surface area contributed by atoms with Crippen molar-refractivity contribution in [1.82, 2.24) is 10.2 Å². The first-order valence-corrected chi connectivity index (χ1v) is 9.99. The fraction of sp³-hybridized carbons (Fsp3) is 0.300. The Hall–Kier alpha value is -2.05. The van der Waals surface area contributed by atoms with Crippen LogP contribution in [0.2, 0.25) is 5.02 Å². The minimum Gasteiger partial charge on any atom is -0.352 e. The van der Waals surface area contributed by atoms with Crippen molar-refractivity contribution in [2.75, 3.05) is 6.54 Å². The Balaban J connectivity index is 1.59. The van der Waals surface area contributed by atoms with Crippen molar-refractivity contribution in [2.45, 2.75) is 30.5 Å². The van der Waals surface area contributed by atoms with E-state index < -0.39 is 0 Å². The van der Waals surface area contributed by atoms with Crippen molar-refractivity contribution in [3.63, 3.8) is 0 Å². The lowest BCUT2D eigenvalue weighted by Crippen LogP contribution is -2.34. The molecule has 0 bridgehead atoms. The largest absolute Gasteiger partial charge is 0.352 e. The third-order valence-electron chi connectivity index (χ3n) is 4.40. The number of carbonyl (C=O) groups excluding carboxylic acids is 2. The van der Waals surface area contributed by atoms with E-state index in [0.29, 0.717) is 18.1 Å². The number of hydrogen-bond acceptors (Lipinski definition) is 3. The van der Waals surface area contributed by atoms with Gasteiger partial charge in [0.1, 0.15) is 11.2 Å². The summed E-state index contributed by atoms with van der Waals surface area (Å²) in [6, 6.07) is 13.4. The molecule has 2 aromatic rings. The molecule has 27 heavy (non-hydrogen) atoms. The molecule has 142 valence electrons. The van der Waals surface area contributed by atoms with Crippen LogP contribution >= 0.6 is 23.4 Å². The Morgan fingerprint density at radius 3 is 2.63 bits per heavy atom. The number of rotatable bonds is 6. The maximum atomic E-state index is 12.9. The molecule has 3 rings (SSSR count). The number of halogens is 2. The van der Waals surface area contributed by atoms with Gasteiger partial charge in [-0.1, -0.05) is 41.9 Å². The number of hydrogen-bond donors (Lipinski definition) is 1. The first kappa shape index (κ1) is 19.7. The summed E-state index contributed by atoms with van der Waals surface area (Å²) < 4.78 is 12.9. The van der Waals surface area contributed by atoms with Gasteiger partial charge >= 0.3 is 0 Å². The predicted octanol–water partition coefficient (Wildman–Crippen LogP) is 4.15. The van der Waals surface area contributed by atoms with Crippen LogP contribution in [0.3, 0.4) is 0 Å². The van der Waals surface area contributed by atoms with Crippen LogP contribution in [-0.4, -0.2) is 28.5 Å². The third kappa shape index (κ3) is 4.82. The molecule has 0 saturated carbocycles. The number of amides is 2. The minimum absolute atomic E-state index is 0.0104.